The topological polar surface area (TPSA) is 82.0 Å². The molecule has 0 bridgehead atoms. The Balaban J connectivity index is 2.02. The molecule has 134 valence electrons. The van der Waals surface area contributed by atoms with Crippen LogP contribution in [0.3, 0.4) is 0 Å². The van der Waals surface area contributed by atoms with Crippen molar-refractivity contribution in [2.45, 2.75) is 19.1 Å². The Kier molecular flexibility index (Phi) is 5.96. The van der Waals surface area contributed by atoms with E-state index in [2.05, 4.69) is 10.6 Å². The number of nitrogens with one attached hydrogen (secondary N) is 2. The third-order valence-electron chi connectivity index (χ3n) is 3.39. The normalized spacial score (nSPS) is 10.7. The highest BCUT2D eigenvalue weighted by atomic mass is 19.4. The fraction of sp³-hybridized carbons (Fsp3) is 0.167. The van der Waals surface area contributed by atoms with Gasteiger partial charge >= 0.3 is 6.18 Å². The second-order valence-corrected chi connectivity index (χ2v) is 5.34. The average Bonchev–Trinajstić information content (AvgIpc) is 2.60. The maximum atomic E-state index is 12.5. The van der Waals surface area contributed by atoms with Gasteiger partial charge in [-0.1, -0.05) is 12.1 Å². The Hall–Kier alpha value is -3.34. The van der Waals surface area contributed by atoms with Crippen molar-refractivity contribution in [3.8, 4) is 6.07 Å². The summed E-state index contributed by atoms with van der Waals surface area (Å²) in [6, 6.07) is 12.2. The molecule has 8 heteroatoms. The Morgan fingerprint density at radius 1 is 1.08 bits per heavy atom. The largest absolute Gasteiger partial charge is 0.416 e. The van der Waals surface area contributed by atoms with Crippen LogP contribution in [0.25, 0.3) is 0 Å². The van der Waals surface area contributed by atoms with Gasteiger partial charge in [0.25, 0.3) is 5.91 Å². The lowest BCUT2D eigenvalue weighted by molar-refractivity contribution is -0.137. The lowest BCUT2D eigenvalue weighted by atomic mass is 10.1. The highest BCUT2D eigenvalue weighted by molar-refractivity contribution is 6.04. The minimum Gasteiger partial charge on any atom is -0.351 e. The molecule has 2 N–H and O–H groups in total. The second kappa shape index (κ2) is 8.16. The number of hydrogen-bond acceptors (Lipinski definition) is 3. The molecular formula is C18H14F3N3O2. The third-order valence-corrected chi connectivity index (χ3v) is 3.39. The van der Waals surface area contributed by atoms with Crippen molar-refractivity contribution in [1.29, 1.82) is 5.26 Å². The zero-order valence-electron chi connectivity index (χ0n) is 13.4. The van der Waals surface area contributed by atoms with Crippen LogP contribution >= 0.6 is 0 Å². The van der Waals surface area contributed by atoms with Crippen LogP contribution in [-0.2, 0) is 17.5 Å². The molecule has 0 aliphatic carbocycles. The van der Waals surface area contributed by atoms with Gasteiger partial charge in [0.15, 0.2) is 0 Å². The smallest absolute Gasteiger partial charge is 0.351 e. The van der Waals surface area contributed by atoms with Crippen LogP contribution in [0.2, 0.25) is 0 Å². The predicted octanol–water partition coefficient (Wildman–Crippen LogP) is 3.49. The van der Waals surface area contributed by atoms with E-state index in [1.54, 1.807) is 30.3 Å². The summed E-state index contributed by atoms with van der Waals surface area (Å²) in [5.74, 6) is -0.962. The zero-order valence-corrected chi connectivity index (χ0v) is 13.4. The second-order valence-electron chi connectivity index (χ2n) is 5.34. The van der Waals surface area contributed by atoms with E-state index < -0.39 is 23.6 Å². The van der Waals surface area contributed by atoms with Gasteiger partial charge in [-0.05, 0) is 42.0 Å². The SMILES string of the molecule is N#CCC(=O)NCc1cccc(NC(=O)c2ccc(C(F)(F)F)cc2)c1. The van der Waals surface area contributed by atoms with Gasteiger partial charge in [0.1, 0.15) is 6.42 Å². The summed E-state index contributed by atoms with van der Waals surface area (Å²) in [7, 11) is 0. The van der Waals surface area contributed by atoms with Crippen LogP contribution in [0.15, 0.2) is 48.5 Å². The van der Waals surface area contributed by atoms with Gasteiger partial charge in [-0.3, -0.25) is 9.59 Å². The van der Waals surface area contributed by atoms with Crippen molar-refractivity contribution in [3.05, 3.63) is 65.2 Å². The molecule has 0 unspecified atom stereocenters. The van der Waals surface area contributed by atoms with Crippen LogP contribution < -0.4 is 10.6 Å². The first kappa shape index (κ1) is 19.0. The summed E-state index contributed by atoms with van der Waals surface area (Å²) in [5, 5.41) is 13.6. The van der Waals surface area contributed by atoms with Crippen LogP contribution in [0, 0.1) is 11.3 Å². The summed E-state index contributed by atoms with van der Waals surface area (Å²) in [5.41, 5.74) is 0.387. The zero-order chi connectivity index (χ0) is 19.2. The Bertz CT molecular complexity index is 840. The van der Waals surface area contributed by atoms with E-state index in [1.807, 2.05) is 0 Å². The monoisotopic (exact) mass is 361 g/mol. The number of benzene rings is 2. The van der Waals surface area contributed by atoms with Crippen molar-refractivity contribution >= 4 is 17.5 Å². The Labute approximate surface area is 147 Å². The van der Waals surface area contributed by atoms with Crippen LogP contribution in [-0.4, -0.2) is 11.8 Å². The van der Waals surface area contributed by atoms with Crippen LogP contribution in [0.1, 0.15) is 27.9 Å². The van der Waals surface area contributed by atoms with Crippen molar-refractivity contribution in [3.63, 3.8) is 0 Å². The molecule has 0 heterocycles. The number of halogens is 3. The van der Waals surface area contributed by atoms with E-state index in [0.717, 1.165) is 24.3 Å². The Morgan fingerprint density at radius 2 is 1.77 bits per heavy atom. The number of hydrogen-bond donors (Lipinski definition) is 2. The number of nitriles is 1. The number of amides is 2. The van der Waals surface area contributed by atoms with Gasteiger partial charge in [-0.2, -0.15) is 18.4 Å². The lowest BCUT2D eigenvalue weighted by Gasteiger charge is -2.10. The summed E-state index contributed by atoms with van der Waals surface area (Å²) < 4.78 is 37.6. The molecule has 0 atom stereocenters. The van der Waals surface area contributed by atoms with Gasteiger partial charge in [0, 0.05) is 17.8 Å². The first-order valence-corrected chi connectivity index (χ1v) is 7.51. The molecule has 0 aliphatic heterocycles. The number of carbonyl (C=O) groups excluding carboxylic acids is 2. The first-order chi connectivity index (χ1) is 12.3. The third kappa shape index (κ3) is 5.34. The van der Waals surface area contributed by atoms with Crippen molar-refractivity contribution in [2.24, 2.45) is 0 Å². The summed E-state index contributed by atoms with van der Waals surface area (Å²) in [6.45, 7) is 0.185. The van der Waals surface area contributed by atoms with Gasteiger partial charge in [0.2, 0.25) is 5.91 Å². The number of alkyl halides is 3. The van der Waals surface area contributed by atoms with E-state index in [0.29, 0.717) is 11.3 Å². The van der Waals surface area contributed by atoms with Gasteiger partial charge < -0.3 is 10.6 Å². The molecule has 2 aromatic rings. The van der Waals surface area contributed by atoms with Gasteiger partial charge in [-0.15, -0.1) is 0 Å². The first-order valence-electron chi connectivity index (χ1n) is 7.51. The molecule has 0 aliphatic rings. The summed E-state index contributed by atoms with van der Waals surface area (Å²) in [6.07, 6.45) is -4.70. The standard InChI is InChI=1S/C18H14F3N3O2/c19-18(20,21)14-6-4-13(5-7-14)17(26)24-15-3-1-2-12(10-15)11-23-16(25)8-9-22/h1-7,10H,8,11H2,(H,23,25)(H,24,26). The van der Waals surface area contributed by atoms with Crippen molar-refractivity contribution in [2.75, 3.05) is 5.32 Å². The molecular weight excluding hydrogens is 347 g/mol. The quantitative estimate of drug-likeness (QED) is 0.855. The minimum atomic E-state index is -4.46. The molecule has 0 aromatic heterocycles. The molecule has 26 heavy (non-hydrogen) atoms. The van der Waals surface area contributed by atoms with Crippen LogP contribution in [0.4, 0.5) is 18.9 Å². The average molecular weight is 361 g/mol. The number of rotatable bonds is 5. The molecule has 2 rings (SSSR count). The fourth-order valence-corrected chi connectivity index (χ4v) is 2.11. The lowest BCUT2D eigenvalue weighted by Crippen LogP contribution is -2.22. The maximum Gasteiger partial charge on any atom is 0.416 e. The van der Waals surface area contributed by atoms with E-state index in [-0.39, 0.29) is 18.5 Å². The minimum absolute atomic E-state index is 0.0886. The maximum absolute atomic E-state index is 12.5. The van der Waals surface area contributed by atoms with Gasteiger partial charge in [-0.25, -0.2) is 0 Å². The van der Waals surface area contributed by atoms with Gasteiger partial charge in [0.05, 0.1) is 11.6 Å². The van der Waals surface area contributed by atoms with E-state index in [1.165, 1.54) is 0 Å². The number of anilines is 1. The fourth-order valence-electron chi connectivity index (χ4n) is 2.11. The molecule has 0 saturated heterocycles. The Morgan fingerprint density at radius 3 is 2.38 bits per heavy atom. The van der Waals surface area contributed by atoms with E-state index >= 15 is 0 Å². The molecule has 2 amide bonds. The molecule has 0 saturated carbocycles. The summed E-state index contributed by atoms with van der Waals surface area (Å²) in [4.78, 5) is 23.4. The van der Waals surface area contributed by atoms with Crippen molar-refractivity contribution in [1.82, 2.24) is 5.32 Å². The summed E-state index contributed by atoms with van der Waals surface area (Å²) >= 11 is 0. The molecule has 0 spiro atoms. The van der Waals surface area contributed by atoms with E-state index in [4.69, 9.17) is 5.26 Å². The predicted molar refractivity (Wildman–Crippen MR) is 87.9 cm³/mol. The van der Waals surface area contributed by atoms with Crippen molar-refractivity contribution < 1.29 is 22.8 Å². The van der Waals surface area contributed by atoms with E-state index in [9.17, 15) is 22.8 Å². The molecule has 5 nitrogen and oxygen atoms in total. The molecule has 2 aromatic carbocycles. The highest BCUT2D eigenvalue weighted by Crippen LogP contribution is 2.29. The highest BCUT2D eigenvalue weighted by Gasteiger charge is 2.30. The molecule has 0 fully saturated rings. The molecule has 0 radical (unpaired) electrons. The number of nitrogens with zero attached hydrogens (tertiary/aromatic N) is 1. The van der Waals surface area contributed by atoms with Crippen LogP contribution in [0.5, 0.6) is 0 Å². The number of carbonyl (C=O) groups is 2.